The molecule has 1 fully saturated rings. The molecule has 6 nitrogen and oxygen atoms in total. The standard InChI is InChI=1S/C14H22N4O2/c1-11-9-16(3)6-7-17(11)10-12-4-5-13(15-2)14(8-12)18(19)20/h4-5,8,11,15H,6-7,9-10H2,1-3H3. The number of hydrogen-bond acceptors (Lipinski definition) is 5. The quantitative estimate of drug-likeness (QED) is 0.672. The SMILES string of the molecule is CNc1ccc(CN2CCN(C)CC2C)cc1[N+](=O)[O-]. The van der Waals surface area contributed by atoms with Crippen molar-refractivity contribution >= 4 is 11.4 Å². The van der Waals surface area contributed by atoms with Crippen LogP contribution in [-0.4, -0.2) is 54.5 Å². The maximum absolute atomic E-state index is 11.1. The molecule has 0 bridgehead atoms. The molecule has 0 aromatic heterocycles. The summed E-state index contributed by atoms with van der Waals surface area (Å²) in [7, 11) is 3.82. The number of rotatable bonds is 4. The summed E-state index contributed by atoms with van der Waals surface area (Å²) in [6.07, 6.45) is 0. The van der Waals surface area contributed by atoms with E-state index >= 15 is 0 Å². The fourth-order valence-corrected chi connectivity index (χ4v) is 2.68. The van der Waals surface area contributed by atoms with Gasteiger partial charge in [0, 0.05) is 45.3 Å². The zero-order valence-corrected chi connectivity index (χ0v) is 12.3. The second kappa shape index (κ2) is 6.19. The first-order valence-electron chi connectivity index (χ1n) is 6.89. The van der Waals surface area contributed by atoms with Gasteiger partial charge in [0.25, 0.3) is 5.69 Å². The third-order valence-electron chi connectivity index (χ3n) is 3.88. The van der Waals surface area contributed by atoms with Gasteiger partial charge in [0.15, 0.2) is 0 Å². The summed E-state index contributed by atoms with van der Waals surface area (Å²) in [5.74, 6) is 0. The van der Waals surface area contributed by atoms with E-state index in [1.54, 1.807) is 19.2 Å². The van der Waals surface area contributed by atoms with Crippen LogP contribution in [0.15, 0.2) is 18.2 Å². The molecule has 1 aromatic rings. The smallest absolute Gasteiger partial charge is 0.292 e. The minimum Gasteiger partial charge on any atom is -0.383 e. The molecule has 1 heterocycles. The number of likely N-dealkylation sites (N-methyl/N-ethyl adjacent to an activating group) is 1. The first-order valence-corrected chi connectivity index (χ1v) is 6.89. The molecular weight excluding hydrogens is 256 g/mol. The van der Waals surface area contributed by atoms with Crippen molar-refractivity contribution < 1.29 is 4.92 Å². The summed E-state index contributed by atoms with van der Waals surface area (Å²) in [6.45, 7) is 6.04. The van der Waals surface area contributed by atoms with Crippen LogP contribution in [0.5, 0.6) is 0 Å². The van der Waals surface area contributed by atoms with E-state index in [1.165, 1.54) is 0 Å². The van der Waals surface area contributed by atoms with Gasteiger partial charge in [-0.3, -0.25) is 15.0 Å². The lowest BCUT2D eigenvalue weighted by Gasteiger charge is -2.38. The number of piperazine rings is 1. The summed E-state index contributed by atoms with van der Waals surface area (Å²) >= 11 is 0. The number of nitrogens with zero attached hydrogens (tertiary/aromatic N) is 3. The van der Waals surface area contributed by atoms with Gasteiger partial charge >= 0.3 is 0 Å². The van der Waals surface area contributed by atoms with Crippen LogP contribution in [0.3, 0.4) is 0 Å². The second-order valence-corrected chi connectivity index (χ2v) is 5.44. The molecule has 1 N–H and O–H groups in total. The van der Waals surface area contributed by atoms with Crippen LogP contribution in [0.1, 0.15) is 12.5 Å². The van der Waals surface area contributed by atoms with E-state index in [0.717, 1.165) is 31.7 Å². The van der Waals surface area contributed by atoms with Crippen molar-refractivity contribution in [3.8, 4) is 0 Å². The molecule has 1 aliphatic heterocycles. The summed E-state index contributed by atoms with van der Waals surface area (Å²) < 4.78 is 0. The fraction of sp³-hybridized carbons (Fsp3) is 0.571. The van der Waals surface area contributed by atoms with Crippen molar-refractivity contribution in [3.63, 3.8) is 0 Å². The van der Waals surface area contributed by atoms with Crippen molar-refractivity contribution in [1.29, 1.82) is 0 Å². The Labute approximate surface area is 119 Å². The molecule has 1 unspecified atom stereocenters. The van der Waals surface area contributed by atoms with E-state index in [9.17, 15) is 10.1 Å². The largest absolute Gasteiger partial charge is 0.383 e. The van der Waals surface area contributed by atoms with Crippen LogP contribution in [0.25, 0.3) is 0 Å². The average Bonchev–Trinajstić information content (AvgIpc) is 2.41. The van der Waals surface area contributed by atoms with E-state index in [2.05, 4.69) is 29.1 Å². The van der Waals surface area contributed by atoms with Crippen LogP contribution >= 0.6 is 0 Å². The van der Waals surface area contributed by atoms with E-state index < -0.39 is 0 Å². The fourth-order valence-electron chi connectivity index (χ4n) is 2.68. The first kappa shape index (κ1) is 14.7. The van der Waals surface area contributed by atoms with Crippen molar-refractivity contribution in [2.45, 2.75) is 19.5 Å². The highest BCUT2D eigenvalue weighted by molar-refractivity contribution is 5.62. The molecule has 6 heteroatoms. The Kier molecular flexibility index (Phi) is 4.57. The molecule has 1 aromatic carbocycles. The van der Waals surface area contributed by atoms with Gasteiger partial charge < -0.3 is 10.2 Å². The van der Waals surface area contributed by atoms with E-state index in [0.29, 0.717) is 11.7 Å². The molecule has 1 atom stereocenters. The molecule has 0 spiro atoms. The lowest BCUT2D eigenvalue weighted by Crippen LogP contribution is -2.49. The van der Waals surface area contributed by atoms with E-state index in [-0.39, 0.29) is 10.6 Å². The van der Waals surface area contributed by atoms with Crippen molar-refractivity contribution in [1.82, 2.24) is 9.80 Å². The van der Waals surface area contributed by atoms with Gasteiger partial charge in [0.1, 0.15) is 5.69 Å². The van der Waals surface area contributed by atoms with Crippen LogP contribution < -0.4 is 5.32 Å². The van der Waals surface area contributed by atoms with Gasteiger partial charge in [0.2, 0.25) is 0 Å². The second-order valence-electron chi connectivity index (χ2n) is 5.44. The van der Waals surface area contributed by atoms with Gasteiger partial charge in [-0.1, -0.05) is 6.07 Å². The summed E-state index contributed by atoms with van der Waals surface area (Å²) in [4.78, 5) is 15.4. The predicted octanol–water partition coefficient (Wildman–Crippen LogP) is 1.77. The maximum atomic E-state index is 11.1. The van der Waals surface area contributed by atoms with Crippen LogP contribution in [0, 0.1) is 10.1 Å². The molecule has 20 heavy (non-hydrogen) atoms. The highest BCUT2D eigenvalue weighted by Gasteiger charge is 2.22. The van der Waals surface area contributed by atoms with Gasteiger partial charge in [-0.05, 0) is 25.6 Å². The van der Waals surface area contributed by atoms with Crippen molar-refractivity contribution in [3.05, 3.63) is 33.9 Å². The normalized spacial score (nSPS) is 20.9. The summed E-state index contributed by atoms with van der Waals surface area (Å²) in [5, 5.41) is 13.9. The predicted molar refractivity (Wildman–Crippen MR) is 80.0 cm³/mol. The Morgan fingerprint density at radius 1 is 1.45 bits per heavy atom. The third kappa shape index (κ3) is 3.26. The molecule has 0 saturated carbocycles. The Hall–Kier alpha value is -1.66. The number of hydrogen-bond donors (Lipinski definition) is 1. The zero-order chi connectivity index (χ0) is 14.7. The minimum atomic E-state index is -0.331. The number of nitrogens with one attached hydrogen (secondary N) is 1. The van der Waals surface area contributed by atoms with Gasteiger partial charge in [-0.25, -0.2) is 0 Å². The Bertz CT molecular complexity index is 492. The van der Waals surface area contributed by atoms with Crippen LogP contribution in [-0.2, 0) is 6.54 Å². The average molecular weight is 278 g/mol. The molecule has 1 aliphatic rings. The number of nitro benzene ring substituents is 1. The van der Waals surface area contributed by atoms with Crippen molar-refractivity contribution in [2.75, 3.05) is 39.0 Å². The highest BCUT2D eigenvalue weighted by Crippen LogP contribution is 2.26. The summed E-state index contributed by atoms with van der Waals surface area (Å²) in [6, 6.07) is 5.89. The topological polar surface area (TPSA) is 61.6 Å². The van der Waals surface area contributed by atoms with Gasteiger partial charge in [0.05, 0.1) is 4.92 Å². The van der Waals surface area contributed by atoms with E-state index in [1.807, 2.05) is 6.07 Å². The molecule has 2 rings (SSSR count). The van der Waals surface area contributed by atoms with Gasteiger partial charge in [-0.15, -0.1) is 0 Å². The minimum absolute atomic E-state index is 0.145. The van der Waals surface area contributed by atoms with E-state index in [4.69, 9.17) is 0 Å². The lowest BCUT2D eigenvalue weighted by atomic mass is 10.1. The Morgan fingerprint density at radius 3 is 2.80 bits per heavy atom. The number of nitro groups is 1. The monoisotopic (exact) mass is 278 g/mol. The first-order chi connectivity index (χ1) is 9.51. The highest BCUT2D eigenvalue weighted by atomic mass is 16.6. The van der Waals surface area contributed by atoms with Crippen molar-refractivity contribution in [2.24, 2.45) is 0 Å². The molecule has 1 saturated heterocycles. The summed E-state index contributed by atoms with van der Waals surface area (Å²) in [5.41, 5.74) is 1.70. The molecule has 0 amide bonds. The Balaban J connectivity index is 2.13. The van der Waals surface area contributed by atoms with Crippen LogP contribution in [0.2, 0.25) is 0 Å². The van der Waals surface area contributed by atoms with Gasteiger partial charge in [-0.2, -0.15) is 0 Å². The number of anilines is 1. The Morgan fingerprint density at radius 2 is 2.20 bits per heavy atom. The lowest BCUT2D eigenvalue weighted by molar-refractivity contribution is -0.384. The third-order valence-corrected chi connectivity index (χ3v) is 3.88. The molecular formula is C14H22N4O2. The molecule has 0 radical (unpaired) electrons. The number of benzene rings is 1. The zero-order valence-electron chi connectivity index (χ0n) is 12.3. The maximum Gasteiger partial charge on any atom is 0.292 e. The molecule has 0 aliphatic carbocycles. The molecule has 110 valence electrons. The van der Waals surface area contributed by atoms with Crippen LogP contribution in [0.4, 0.5) is 11.4 Å².